The van der Waals surface area contributed by atoms with Crippen LogP contribution in [0.2, 0.25) is 0 Å². The highest BCUT2D eigenvalue weighted by Gasteiger charge is 2.57. The van der Waals surface area contributed by atoms with Crippen molar-refractivity contribution in [1.82, 2.24) is 4.57 Å². The molecule has 0 atom stereocenters. The molecule has 2 spiro atoms. The SMILES string of the molecule is Cn1c(C#N)ccc1-c1cc(F)c2c(c1)C1(CC1)C(=O)N2.O=C1Nc2c(F)cc(Br)cc2C12CC2. The summed E-state index contributed by atoms with van der Waals surface area (Å²) in [4.78, 5) is 23.6. The molecule has 6 nitrogen and oxygen atoms in total. The molecule has 9 heteroatoms. The Hall–Kier alpha value is -3.51. The molecule has 0 bridgehead atoms. The third-order valence-corrected chi connectivity index (χ3v) is 8.01. The van der Waals surface area contributed by atoms with Crippen molar-refractivity contribution in [2.75, 3.05) is 10.6 Å². The smallest absolute Gasteiger partial charge is 0.235 e. The summed E-state index contributed by atoms with van der Waals surface area (Å²) in [6.45, 7) is 0. The third kappa shape index (κ3) is 3.09. The number of halogens is 3. The van der Waals surface area contributed by atoms with E-state index in [-0.39, 0.29) is 17.6 Å². The van der Waals surface area contributed by atoms with E-state index in [2.05, 4.69) is 32.6 Å². The van der Waals surface area contributed by atoms with Crippen LogP contribution in [0.3, 0.4) is 0 Å². The first-order chi connectivity index (χ1) is 16.7. The highest BCUT2D eigenvalue weighted by atomic mass is 79.9. The quantitative estimate of drug-likeness (QED) is 0.444. The van der Waals surface area contributed by atoms with E-state index in [1.54, 1.807) is 23.7 Å². The van der Waals surface area contributed by atoms with Gasteiger partial charge < -0.3 is 15.2 Å². The lowest BCUT2D eigenvalue weighted by Crippen LogP contribution is -2.18. The Labute approximate surface area is 208 Å². The van der Waals surface area contributed by atoms with Gasteiger partial charge in [0.05, 0.1) is 22.2 Å². The van der Waals surface area contributed by atoms with E-state index in [1.165, 1.54) is 12.1 Å². The van der Waals surface area contributed by atoms with Gasteiger partial charge in [0, 0.05) is 22.8 Å². The van der Waals surface area contributed by atoms with Gasteiger partial charge >= 0.3 is 0 Å². The second-order valence-electron chi connectivity index (χ2n) is 9.54. The number of anilines is 2. The second kappa shape index (κ2) is 7.25. The van der Waals surface area contributed by atoms with Crippen molar-refractivity contribution in [3.8, 4) is 17.3 Å². The third-order valence-electron chi connectivity index (χ3n) is 7.55. The Morgan fingerprint density at radius 1 is 0.914 bits per heavy atom. The van der Waals surface area contributed by atoms with E-state index in [1.807, 2.05) is 12.1 Å². The number of amides is 2. The van der Waals surface area contributed by atoms with Crippen molar-refractivity contribution in [2.24, 2.45) is 7.05 Å². The largest absolute Gasteiger partial charge is 0.335 e. The molecule has 7 rings (SSSR count). The van der Waals surface area contributed by atoms with Gasteiger partial charge in [0.2, 0.25) is 11.8 Å². The van der Waals surface area contributed by atoms with Gasteiger partial charge in [-0.25, -0.2) is 8.78 Å². The Morgan fingerprint density at radius 2 is 1.46 bits per heavy atom. The van der Waals surface area contributed by atoms with Crippen molar-refractivity contribution in [3.05, 3.63) is 69.3 Å². The summed E-state index contributed by atoms with van der Waals surface area (Å²) in [6, 6.07) is 12.1. The first kappa shape index (κ1) is 22.0. The Balaban J connectivity index is 0.000000141. The van der Waals surface area contributed by atoms with Gasteiger partial charge in [-0.15, -0.1) is 0 Å². The number of nitrogens with zero attached hydrogens (tertiary/aromatic N) is 2. The fourth-order valence-corrected chi connectivity index (χ4v) is 5.63. The van der Waals surface area contributed by atoms with Gasteiger partial charge in [-0.05, 0) is 73.2 Å². The molecule has 4 aliphatic rings. The molecular weight excluding hydrogens is 518 g/mol. The normalized spacial score (nSPS) is 18.8. The minimum absolute atomic E-state index is 0.0514. The molecule has 176 valence electrons. The predicted octanol–water partition coefficient (Wildman–Crippen LogP) is 5.26. The summed E-state index contributed by atoms with van der Waals surface area (Å²) in [7, 11) is 1.77. The number of hydrogen-bond donors (Lipinski definition) is 2. The van der Waals surface area contributed by atoms with Crippen LogP contribution in [0.25, 0.3) is 11.3 Å². The first-order valence-electron chi connectivity index (χ1n) is 11.2. The fourth-order valence-electron chi connectivity index (χ4n) is 5.20. The van der Waals surface area contributed by atoms with Crippen LogP contribution in [0.1, 0.15) is 42.5 Å². The lowest BCUT2D eigenvalue weighted by molar-refractivity contribution is -0.118. The average molecular weight is 537 g/mol. The Morgan fingerprint density at radius 3 is 1.97 bits per heavy atom. The Kier molecular flexibility index (Phi) is 4.55. The fraction of sp³-hybridized carbons (Fsp3) is 0.269. The lowest BCUT2D eigenvalue weighted by Gasteiger charge is -2.10. The standard InChI is InChI=1S/C16H12FN3O.C10H7BrFNO/c1-20-10(8-18)2-3-13(20)9-6-11-14(12(17)7-9)19-15(21)16(11)4-5-16;11-5-3-6-8(7(12)4-5)13-9(14)10(6)1-2-10/h2-3,6-7H,4-5H2,1H3,(H,19,21);3-4H,1-2H2,(H,13,14). The van der Waals surface area contributed by atoms with Crippen molar-refractivity contribution in [2.45, 2.75) is 36.5 Å². The van der Waals surface area contributed by atoms with Crippen LogP contribution in [0, 0.1) is 23.0 Å². The molecule has 35 heavy (non-hydrogen) atoms. The van der Waals surface area contributed by atoms with Crippen molar-refractivity contribution >= 4 is 39.1 Å². The number of rotatable bonds is 1. The van der Waals surface area contributed by atoms with Crippen molar-refractivity contribution < 1.29 is 18.4 Å². The number of aromatic nitrogens is 1. The molecule has 3 aromatic rings. The number of fused-ring (bicyclic) bond motifs is 4. The zero-order chi connectivity index (χ0) is 24.7. The van der Waals surface area contributed by atoms with Crippen LogP contribution in [0.15, 0.2) is 40.9 Å². The molecule has 0 radical (unpaired) electrons. The van der Waals surface area contributed by atoms with E-state index in [0.717, 1.165) is 42.5 Å². The van der Waals surface area contributed by atoms with E-state index in [9.17, 15) is 18.4 Å². The van der Waals surface area contributed by atoms with E-state index in [4.69, 9.17) is 5.26 Å². The minimum atomic E-state index is -0.518. The van der Waals surface area contributed by atoms with Gasteiger partial charge in [0.25, 0.3) is 0 Å². The number of carbonyl (C=O) groups is 2. The van der Waals surface area contributed by atoms with Gasteiger partial charge in [-0.1, -0.05) is 15.9 Å². The van der Waals surface area contributed by atoms with Crippen LogP contribution in [0.4, 0.5) is 20.2 Å². The minimum Gasteiger partial charge on any atom is -0.335 e. The summed E-state index contributed by atoms with van der Waals surface area (Å²) >= 11 is 3.24. The molecule has 2 amide bonds. The molecule has 1 aromatic heterocycles. The average Bonchev–Trinajstić information content (AvgIpc) is 3.71. The number of carbonyl (C=O) groups excluding carboxylic acids is 2. The summed E-state index contributed by atoms with van der Waals surface area (Å²) in [6.07, 6.45) is 3.21. The molecule has 3 heterocycles. The molecule has 2 aliphatic heterocycles. The van der Waals surface area contributed by atoms with Gasteiger partial charge in [-0.2, -0.15) is 5.26 Å². The van der Waals surface area contributed by atoms with E-state index >= 15 is 0 Å². The van der Waals surface area contributed by atoms with Crippen molar-refractivity contribution in [3.63, 3.8) is 0 Å². The topological polar surface area (TPSA) is 86.9 Å². The highest BCUT2D eigenvalue weighted by Crippen LogP contribution is 2.57. The molecule has 0 saturated heterocycles. The molecular formula is C26H19BrF2N4O2. The molecule has 2 aromatic carbocycles. The second-order valence-corrected chi connectivity index (χ2v) is 10.5. The highest BCUT2D eigenvalue weighted by molar-refractivity contribution is 9.10. The van der Waals surface area contributed by atoms with E-state index in [0.29, 0.717) is 27.1 Å². The summed E-state index contributed by atoms with van der Waals surface area (Å²) in [5, 5.41) is 14.3. The maximum atomic E-state index is 14.3. The zero-order valence-corrected chi connectivity index (χ0v) is 20.2. The number of nitriles is 1. The van der Waals surface area contributed by atoms with Gasteiger partial charge in [-0.3, -0.25) is 9.59 Å². The lowest BCUT2D eigenvalue weighted by atomic mass is 9.95. The molecule has 2 fully saturated rings. The van der Waals surface area contributed by atoms with Crippen LogP contribution in [-0.2, 0) is 27.5 Å². The number of nitrogens with one attached hydrogen (secondary N) is 2. The van der Waals surface area contributed by atoms with E-state index < -0.39 is 16.6 Å². The number of hydrogen-bond acceptors (Lipinski definition) is 3. The van der Waals surface area contributed by atoms with Gasteiger partial charge in [0.15, 0.2) is 0 Å². The summed E-state index contributed by atoms with van der Waals surface area (Å²) in [5.41, 5.74) is 3.31. The maximum Gasteiger partial charge on any atom is 0.235 e. The van der Waals surface area contributed by atoms with Gasteiger partial charge in [0.1, 0.15) is 23.4 Å². The van der Waals surface area contributed by atoms with Crippen LogP contribution >= 0.6 is 15.9 Å². The molecule has 2 N–H and O–H groups in total. The van der Waals surface area contributed by atoms with Crippen LogP contribution in [0.5, 0.6) is 0 Å². The van der Waals surface area contributed by atoms with Crippen LogP contribution < -0.4 is 10.6 Å². The Bertz CT molecular complexity index is 1510. The predicted molar refractivity (Wildman–Crippen MR) is 129 cm³/mol. The maximum absolute atomic E-state index is 14.3. The molecule has 2 saturated carbocycles. The molecule has 0 unspecified atom stereocenters. The molecule has 2 aliphatic carbocycles. The van der Waals surface area contributed by atoms with Crippen LogP contribution in [-0.4, -0.2) is 16.4 Å². The summed E-state index contributed by atoms with van der Waals surface area (Å²) < 4.78 is 30.2. The monoisotopic (exact) mass is 536 g/mol. The zero-order valence-electron chi connectivity index (χ0n) is 18.6. The number of benzene rings is 2. The van der Waals surface area contributed by atoms with Crippen molar-refractivity contribution in [1.29, 1.82) is 5.26 Å². The first-order valence-corrected chi connectivity index (χ1v) is 12.0. The summed E-state index contributed by atoms with van der Waals surface area (Å²) in [5.74, 6) is -0.923.